The minimum atomic E-state index is 0.0735. The van der Waals surface area contributed by atoms with Crippen molar-refractivity contribution < 1.29 is 9.21 Å². The summed E-state index contributed by atoms with van der Waals surface area (Å²) in [7, 11) is 0. The molecular formula is C19H22N4O2. The summed E-state index contributed by atoms with van der Waals surface area (Å²) in [6.45, 7) is 6.37. The Bertz CT molecular complexity index is 903. The summed E-state index contributed by atoms with van der Waals surface area (Å²) in [6, 6.07) is 5.49. The summed E-state index contributed by atoms with van der Waals surface area (Å²) in [5.74, 6) is 1.27. The van der Waals surface area contributed by atoms with E-state index in [9.17, 15) is 4.79 Å². The van der Waals surface area contributed by atoms with Crippen molar-refractivity contribution in [2.24, 2.45) is 5.92 Å². The van der Waals surface area contributed by atoms with Gasteiger partial charge in [-0.2, -0.15) is 5.10 Å². The lowest BCUT2D eigenvalue weighted by atomic mass is 9.96. The quantitative estimate of drug-likeness (QED) is 0.736. The number of benzene rings is 1. The molecule has 0 saturated carbocycles. The highest BCUT2D eigenvalue weighted by Crippen LogP contribution is 2.22. The van der Waals surface area contributed by atoms with Gasteiger partial charge in [-0.25, -0.2) is 4.98 Å². The largest absolute Gasteiger partial charge is 0.441 e. The molecule has 6 heteroatoms. The SMILES string of the molecule is Cc1cnn(CC2CCN(C(=O)c3ccc4nc(C)oc4c3)CC2)c1. The van der Waals surface area contributed by atoms with Crippen LogP contribution in [0.4, 0.5) is 0 Å². The van der Waals surface area contributed by atoms with Crippen molar-refractivity contribution in [1.29, 1.82) is 0 Å². The molecule has 3 heterocycles. The number of carbonyl (C=O) groups is 1. The van der Waals surface area contributed by atoms with Crippen molar-refractivity contribution in [2.45, 2.75) is 33.2 Å². The first-order valence-corrected chi connectivity index (χ1v) is 8.74. The molecule has 3 aromatic rings. The number of aromatic nitrogens is 3. The predicted octanol–water partition coefficient (Wildman–Crippen LogP) is 3.19. The first-order chi connectivity index (χ1) is 12.1. The van der Waals surface area contributed by atoms with Crippen molar-refractivity contribution in [3.8, 4) is 0 Å². The molecule has 130 valence electrons. The molecule has 1 aliphatic heterocycles. The van der Waals surface area contributed by atoms with Crippen LogP contribution in [0.15, 0.2) is 35.0 Å². The average molecular weight is 338 g/mol. The van der Waals surface area contributed by atoms with E-state index in [1.165, 1.54) is 5.56 Å². The molecule has 1 aromatic carbocycles. The standard InChI is InChI=1S/C19H22N4O2/c1-13-10-20-23(11-13)12-15-5-7-22(8-6-15)19(24)16-3-4-17-18(9-16)25-14(2)21-17/h3-4,9-11,15H,5-8,12H2,1-2H3. The topological polar surface area (TPSA) is 64.2 Å². The summed E-state index contributed by atoms with van der Waals surface area (Å²) >= 11 is 0. The van der Waals surface area contributed by atoms with E-state index in [2.05, 4.69) is 23.2 Å². The fourth-order valence-electron chi connectivity index (χ4n) is 3.51. The molecular weight excluding hydrogens is 316 g/mol. The zero-order valence-electron chi connectivity index (χ0n) is 14.6. The maximum atomic E-state index is 12.8. The number of amides is 1. The van der Waals surface area contributed by atoms with E-state index in [0.29, 0.717) is 23.0 Å². The van der Waals surface area contributed by atoms with Crippen LogP contribution in [0.3, 0.4) is 0 Å². The Balaban J connectivity index is 1.39. The molecule has 0 radical (unpaired) electrons. The van der Waals surface area contributed by atoms with E-state index in [-0.39, 0.29) is 5.91 Å². The number of nitrogens with zero attached hydrogens (tertiary/aromatic N) is 4. The van der Waals surface area contributed by atoms with Crippen LogP contribution in [0.2, 0.25) is 0 Å². The van der Waals surface area contributed by atoms with Crippen molar-refractivity contribution in [1.82, 2.24) is 19.7 Å². The van der Waals surface area contributed by atoms with Gasteiger partial charge < -0.3 is 9.32 Å². The molecule has 1 amide bonds. The lowest BCUT2D eigenvalue weighted by Crippen LogP contribution is -2.39. The van der Waals surface area contributed by atoms with Crippen LogP contribution in [0.25, 0.3) is 11.1 Å². The van der Waals surface area contributed by atoms with Crippen LogP contribution < -0.4 is 0 Å². The molecule has 0 unspecified atom stereocenters. The number of hydrogen-bond donors (Lipinski definition) is 0. The van der Waals surface area contributed by atoms with Gasteiger partial charge in [-0.05, 0) is 49.4 Å². The van der Waals surface area contributed by atoms with Gasteiger partial charge in [0.05, 0.1) is 6.20 Å². The minimum Gasteiger partial charge on any atom is -0.441 e. The highest BCUT2D eigenvalue weighted by atomic mass is 16.3. The average Bonchev–Trinajstić information content (AvgIpc) is 3.18. The first-order valence-electron chi connectivity index (χ1n) is 8.74. The Morgan fingerprint density at radius 2 is 2.08 bits per heavy atom. The number of rotatable bonds is 3. The minimum absolute atomic E-state index is 0.0735. The molecule has 1 saturated heterocycles. The van der Waals surface area contributed by atoms with Gasteiger partial charge in [0.2, 0.25) is 0 Å². The van der Waals surface area contributed by atoms with Gasteiger partial charge in [0.25, 0.3) is 5.91 Å². The maximum Gasteiger partial charge on any atom is 0.253 e. The Labute approximate surface area is 146 Å². The number of hydrogen-bond acceptors (Lipinski definition) is 4. The number of piperidine rings is 1. The predicted molar refractivity (Wildman–Crippen MR) is 94.3 cm³/mol. The molecule has 0 aliphatic carbocycles. The molecule has 1 fully saturated rings. The number of fused-ring (bicyclic) bond motifs is 1. The normalized spacial score (nSPS) is 15.8. The van der Waals surface area contributed by atoms with Crippen molar-refractivity contribution in [3.05, 3.63) is 47.6 Å². The first kappa shape index (κ1) is 15.9. The third kappa shape index (κ3) is 3.29. The lowest BCUT2D eigenvalue weighted by Gasteiger charge is -2.32. The summed E-state index contributed by atoms with van der Waals surface area (Å²) < 4.78 is 7.55. The number of carbonyl (C=O) groups excluding carboxylic acids is 1. The van der Waals surface area contributed by atoms with E-state index in [1.54, 1.807) is 6.07 Å². The molecule has 0 atom stereocenters. The molecule has 2 aromatic heterocycles. The maximum absolute atomic E-state index is 12.8. The fraction of sp³-hybridized carbons (Fsp3) is 0.421. The molecule has 6 nitrogen and oxygen atoms in total. The lowest BCUT2D eigenvalue weighted by molar-refractivity contribution is 0.0681. The molecule has 25 heavy (non-hydrogen) atoms. The molecule has 4 rings (SSSR count). The Hall–Kier alpha value is -2.63. The summed E-state index contributed by atoms with van der Waals surface area (Å²) in [4.78, 5) is 19.0. The molecule has 0 bridgehead atoms. The van der Waals surface area contributed by atoms with Crippen LogP contribution in [0, 0.1) is 19.8 Å². The Kier molecular flexibility index (Phi) is 4.03. The van der Waals surface area contributed by atoms with E-state index in [1.807, 2.05) is 34.8 Å². The molecule has 1 aliphatic rings. The van der Waals surface area contributed by atoms with Crippen LogP contribution >= 0.6 is 0 Å². The summed E-state index contributed by atoms with van der Waals surface area (Å²) in [5, 5.41) is 4.36. The zero-order chi connectivity index (χ0) is 17.4. The third-order valence-electron chi connectivity index (χ3n) is 4.85. The van der Waals surface area contributed by atoms with E-state index >= 15 is 0 Å². The second kappa shape index (κ2) is 6.35. The second-order valence-corrected chi connectivity index (χ2v) is 6.89. The van der Waals surface area contributed by atoms with Crippen LogP contribution in [-0.4, -0.2) is 38.7 Å². The monoisotopic (exact) mass is 338 g/mol. The highest BCUT2D eigenvalue weighted by molar-refractivity contribution is 5.97. The Morgan fingerprint density at radius 1 is 1.28 bits per heavy atom. The number of oxazole rings is 1. The molecule has 0 spiro atoms. The number of likely N-dealkylation sites (tertiary alicyclic amines) is 1. The van der Waals surface area contributed by atoms with Crippen molar-refractivity contribution in [3.63, 3.8) is 0 Å². The van der Waals surface area contributed by atoms with Gasteiger partial charge >= 0.3 is 0 Å². The second-order valence-electron chi connectivity index (χ2n) is 6.89. The Morgan fingerprint density at radius 3 is 2.80 bits per heavy atom. The van der Waals surface area contributed by atoms with Gasteiger partial charge in [0.1, 0.15) is 5.52 Å². The fourth-order valence-corrected chi connectivity index (χ4v) is 3.51. The van der Waals surface area contributed by atoms with E-state index in [4.69, 9.17) is 4.42 Å². The number of aryl methyl sites for hydroxylation is 2. The third-order valence-corrected chi connectivity index (χ3v) is 4.85. The zero-order valence-corrected chi connectivity index (χ0v) is 14.6. The van der Waals surface area contributed by atoms with E-state index < -0.39 is 0 Å². The van der Waals surface area contributed by atoms with Crippen LogP contribution in [0.5, 0.6) is 0 Å². The van der Waals surface area contributed by atoms with Gasteiger partial charge in [-0.3, -0.25) is 9.48 Å². The smallest absolute Gasteiger partial charge is 0.253 e. The van der Waals surface area contributed by atoms with Crippen LogP contribution in [0.1, 0.15) is 34.7 Å². The van der Waals surface area contributed by atoms with Crippen LogP contribution in [-0.2, 0) is 6.54 Å². The summed E-state index contributed by atoms with van der Waals surface area (Å²) in [6.07, 6.45) is 5.98. The van der Waals surface area contributed by atoms with E-state index in [0.717, 1.165) is 38.0 Å². The van der Waals surface area contributed by atoms with Gasteiger partial charge in [0.15, 0.2) is 11.5 Å². The summed E-state index contributed by atoms with van der Waals surface area (Å²) in [5.41, 5.74) is 3.32. The molecule has 0 N–H and O–H groups in total. The highest BCUT2D eigenvalue weighted by Gasteiger charge is 2.24. The van der Waals surface area contributed by atoms with Crippen molar-refractivity contribution in [2.75, 3.05) is 13.1 Å². The van der Waals surface area contributed by atoms with Gasteiger partial charge in [-0.1, -0.05) is 0 Å². The van der Waals surface area contributed by atoms with Gasteiger partial charge in [-0.15, -0.1) is 0 Å². The van der Waals surface area contributed by atoms with Gasteiger partial charge in [0, 0.05) is 38.3 Å². The van der Waals surface area contributed by atoms with Crippen molar-refractivity contribution >= 4 is 17.0 Å².